The van der Waals surface area contributed by atoms with Crippen LogP contribution in [0.15, 0.2) is 12.3 Å². The summed E-state index contributed by atoms with van der Waals surface area (Å²) in [6.45, 7) is 6.94. The van der Waals surface area contributed by atoms with Gasteiger partial charge in [0.15, 0.2) is 0 Å². The van der Waals surface area contributed by atoms with E-state index >= 15 is 0 Å². The summed E-state index contributed by atoms with van der Waals surface area (Å²) >= 11 is 0. The highest BCUT2D eigenvalue weighted by Crippen LogP contribution is 2.41. The average Bonchev–Trinajstić information content (AvgIpc) is 2.67. The maximum absolute atomic E-state index is 9.72. The molecule has 2 heteroatoms. The van der Waals surface area contributed by atoms with Gasteiger partial charge >= 0.3 is 0 Å². The van der Waals surface area contributed by atoms with Crippen molar-refractivity contribution < 1.29 is 5.11 Å². The van der Waals surface area contributed by atoms with E-state index in [4.69, 9.17) is 0 Å². The molecule has 0 aromatic carbocycles. The van der Waals surface area contributed by atoms with Gasteiger partial charge in [-0.1, -0.05) is 27.2 Å². The van der Waals surface area contributed by atoms with E-state index in [0.717, 1.165) is 25.7 Å². The average molecular weight is 233 g/mol. The van der Waals surface area contributed by atoms with Gasteiger partial charge < -0.3 is 5.11 Å². The van der Waals surface area contributed by atoms with Crippen LogP contribution in [0.5, 0.6) is 0 Å². The third-order valence-corrected chi connectivity index (χ3v) is 4.01. The molecule has 0 radical (unpaired) electrons. The summed E-state index contributed by atoms with van der Waals surface area (Å²) in [7, 11) is 0. The molecule has 1 N–H and O–H groups in total. The van der Waals surface area contributed by atoms with E-state index in [9.17, 15) is 5.11 Å². The summed E-state index contributed by atoms with van der Waals surface area (Å²) in [4.78, 5) is 4.52. The molecule has 0 saturated carbocycles. The van der Waals surface area contributed by atoms with Crippen molar-refractivity contribution in [3.05, 3.63) is 29.1 Å². The van der Waals surface area contributed by atoms with Gasteiger partial charge in [-0.2, -0.15) is 0 Å². The topological polar surface area (TPSA) is 33.1 Å². The monoisotopic (exact) mass is 233 g/mol. The molecule has 1 heterocycles. The zero-order chi connectivity index (χ0) is 12.5. The van der Waals surface area contributed by atoms with Crippen LogP contribution in [0.3, 0.4) is 0 Å². The molecule has 0 amide bonds. The molecule has 1 aromatic rings. The third kappa shape index (κ3) is 2.23. The van der Waals surface area contributed by atoms with Crippen LogP contribution in [0.1, 0.15) is 56.4 Å². The lowest BCUT2D eigenvalue weighted by Crippen LogP contribution is -2.26. The molecule has 0 bridgehead atoms. The van der Waals surface area contributed by atoms with Crippen molar-refractivity contribution in [1.29, 1.82) is 0 Å². The van der Waals surface area contributed by atoms with Gasteiger partial charge in [-0.15, -0.1) is 0 Å². The van der Waals surface area contributed by atoms with Crippen molar-refractivity contribution in [3.63, 3.8) is 0 Å². The largest absolute Gasteiger partial charge is 0.396 e. The molecule has 94 valence electrons. The molecule has 1 aromatic heterocycles. The van der Waals surface area contributed by atoms with Crippen molar-refractivity contribution in [2.24, 2.45) is 5.41 Å². The summed E-state index contributed by atoms with van der Waals surface area (Å²) in [5.74, 6) is 0.544. The molecule has 1 aliphatic rings. The Morgan fingerprint density at radius 3 is 2.76 bits per heavy atom. The van der Waals surface area contributed by atoms with Crippen LogP contribution < -0.4 is 0 Å². The van der Waals surface area contributed by atoms with Crippen LogP contribution in [0.2, 0.25) is 0 Å². The third-order valence-electron chi connectivity index (χ3n) is 4.01. The smallest absolute Gasteiger partial charge is 0.0494 e. The second-order valence-corrected chi connectivity index (χ2v) is 5.74. The minimum absolute atomic E-state index is 0.0646. The number of pyridine rings is 1. The predicted octanol–water partition coefficient (Wildman–Crippen LogP) is 3.08. The summed E-state index contributed by atoms with van der Waals surface area (Å²) < 4.78 is 0. The molecule has 2 rings (SSSR count). The van der Waals surface area contributed by atoms with Crippen molar-refractivity contribution in [2.75, 3.05) is 6.61 Å². The van der Waals surface area contributed by atoms with Crippen LogP contribution in [-0.2, 0) is 12.8 Å². The van der Waals surface area contributed by atoms with E-state index < -0.39 is 0 Å². The quantitative estimate of drug-likeness (QED) is 0.867. The first-order valence-corrected chi connectivity index (χ1v) is 6.69. The normalized spacial score (nSPS) is 23.1. The SMILES string of the molecule is CCCC1(CO)Cc2nccc(C(C)C)c2C1. The van der Waals surface area contributed by atoms with Crippen LogP contribution in [-0.4, -0.2) is 16.7 Å². The number of aliphatic hydroxyl groups excluding tert-OH is 1. The Balaban J connectivity index is 2.35. The van der Waals surface area contributed by atoms with Crippen molar-refractivity contribution >= 4 is 0 Å². The second-order valence-electron chi connectivity index (χ2n) is 5.74. The molecular weight excluding hydrogens is 210 g/mol. The number of hydrogen-bond donors (Lipinski definition) is 1. The summed E-state index contributed by atoms with van der Waals surface area (Å²) in [6.07, 6.45) is 6.11. The van der Waals surface area contributed by atoms with E-state index in [0.29, 0.717) is 5.92 Å². The Morgan fingerprint density at radius 2 is 2.18 bits per heavy atom. The van der Waals surface area contributed by atoms with Gasteiger partial charge in [0.05, 0.1) is 0 Å². The fraction of sp³-hybridized carbons (Fsp3) is 0.667. The Kier molecular flexibility index (Phi) is 3.53. The highest BCUT2D eigenvalue weighted by atomic mass is 16.3. The zero-order valence-electron chi connectivity index (χ0n) is 11.2. The maximum Gasteiger partial charge on any atom is 0.0494 e. The Hall–Kier alpha value is -0.890. The molecule has 0 aliphatic heterocycles. The first-order valence-electron chi connectivity index (χ1n) is 6.69. The van der Waals surface area contributed by atoms with Crippen LogP contribution in [0.25, 0.3) is 0 Å². The van der Waals surface area contributed by atoms with Gasteiger partial charge in [-0.25, -0.2) is 0 Å². The first-order chi connectivity index (χ1) is 8.12. The van der Waals surface area contributed by atoms with Crippen LogP contribution >= 0.6 is 0 Å². The fourth-order valence-corrected chi connectivity index (χ4v) is 3.14. The van der Waals surface area contributed by atoms with Gasteiger partial charge in [0.2, 0.25) is 0 Å². The highest BCUT2D eigenvalue weighted by Gasteiger charge is 2.38. The molecule has 1 aliphatic carbocycles. The molecule has 0 fully saturated rings. The number of rotatable bonds is 4. The maximum atomic E-state index is 9.72. The van der Waals surface area contributed by atoms with Gasteiger partial charge in [0.25, 0.3) is 0 Å². The molecule has 0 spiro atoms. The van der Waals surface area contributed by atoms with Crippen molar-refractivity contribution in [3.8, 4) is 0 Å². The molecule has 1 unspecified atom stereocenters. The lowest BCUT2D eigenvalue weighted by Gasteiger charge is -2.25. The minimum atomic E-state index is 0.0646. The Labute approximate surface area is 104 Å². The number of aromatic nitrogens is 1. The molecule has 1 atom stereocenters. The molecule has 17 heavy (non-hydrogen) atoms. The molecule has 0 saturated heterocycles. The number of hydrogen-bond acceptors (Lipinski definition) is 2. The van der Waals surface area contributed by atoms with Crippen LogP contribution in [0.4, 0.5) is 0 Å². The number of fused-ring (bicyclic) bond motifs is 1. The van der Waals surface area contributed by atoms with Crippen molar-refractivity contribution in [2.45, 2.75) is 52.4 Å². The second kappa shape index (κ2) is 4.77. The van der Waals surface area contributed by atoms with Crippen LogP contribution in [0, 0.1) is 5.41 Å². The van der Waals surface area contributed by atoms with Gasteiger partial charge in [0.1, 0.15) is 0 Å². The van der Waals surface area contributed by atoms with Crippen molar-refractivity contribution in [1.82, 2.24) is 4.98 Å². The summed E-state index contributed by atoms with van der Waals surface area (Å²) in [5.41, 5.74) is 4.11. The Bertz CT molecular complexity index is 400. The predicted molar refractivity (Wildman–Crippen MR) is 70.2 cm³/mol. The first kappa shape index (κ1) is 12.6. The van der Waals surface area contributed by atoms with E-state index in [-0.39, 0.29) is 12.0 Å². The molecular formula is C15H23NO. The fourth-order valence-electron chi connectivity index (χ4n) is 3.14. The standard InChI is InChI=1S/C15H23NO/c1-4-6-15(10-17)8-13-12(11(2)3)5-7-16-14(13)9-15/h5,7,11,17H,4,6,8-10H2,1-3H3. The highest BCUT2D eigenvalue weighted by molar-refractivity contribution is 5.38. The number of nitrogens with zero attached hydrogens (tertiary/aromatic N) is 1. The van der Waals surface area contributed by atoms with Gasteiger partial charge in [0, 0.05) is 23.9 Å². The summed E-state index contributed by atoms with van der Waals surface area (Å²) in [5, 5.41) is 9.72. The lowest BCUT2D eigenvalue weighted by molar-refractivity contribution is 0.123. The van der Waals surface area contributed by atoms with E-state index in [1.807, 2.05) is 6.20 Å². The zero-order valence-corrected chi connectivity index (χ0v) is 11.2. The van der Waals surface area contributed by atoms with Gasteiger partial charge in [-0.05, 0) is 42.4 Å². The lowest BCUT2D eigenvalue weighted by atomic mass is 9.81. The van der Waals surface area contributed by atoms with E-state index in [1.54, 1.807) is 0 Å². The van der Waals surface area contributed by atoms with Gasteiger partial charge in [-0.3, -0.25) is 4.98 Å². The van der Waals surface area contributed by atoms with E-state index in [2.05, 4.69) is 31.8 Å². The molecule has 2 nitrogen and oxygen atoms in total. The number of aliphatic hydroxyl groups is 1. The Morgan fingerprint density at radius 1 is 1.41 bits per heavy atom. The minimum Gasteiger partial charge on any atom is -0.396 e. The van der Waals surface area contributed by atoms with E-state index in [1.165, 1.54) is 16.8 Å². The summed E-state index contributed by atoms with van der Waals surface area (Å²) in [6, 6.07) is 2.14.